The summed E-state index contributed by atoms with van der Waals surface area (Å²) in [6.45, 7) is 3.07. The summed E-state index contributed by atoms with van der Waals surface area (Å²) >= 11 is 5.84. The lowest BCUT2D eigenvalue weighted by molar-refractivity contribution is 0.174. The predicted octanol–water partition coefficient (Wildman–Crippen LogP) is 3.16. The van der Waals surface area contributed by atoms with E-state index < -0.39 is 6.10 Å². The first-order valence-electron chi connectivity index (χ1n) is 7.07. The van der Waals surface area contributed by atoms with Gasteiger partial charge in [-0.05, 0) is 36.2 Å². The quantitative estimate of drug-likeness (QED) is 0.659. The Morgan fingerprint density at radius 1 is 1.30 bits per heavy atom. The van der Waals surface area contributed by atoms with Crippen molar-refractivity contribution >= 4 is 35.0 Å². The SMILES string of the molecule is Cc1[nH]nc2ncc(CNCC(O)c3ccc(Cl)cc3)cc12.Cl. The van der Waals surface area contributed by atoms with Crippen molar-refractivity contribution in [3.8, 4) is 0 Å². The van der Waals surface area contributed by atoms with Crippen LogP contribution in [0.4, 0.5) is 0 Å². The van der Waals surface area contributed by atoms with Gasteiger partial charge in [-0.3, -0.25) is 5.10 Å². The minimum atomic E-state index is -0.565. The molecule has 0 amide bonds. The smallest absolute Gasteiger partial charge is 0.181 e. The van der Waals surface area contributed by atoms with E-state index in [1.807, 2.05) is 19.1 Å². The number of nitrogens with zero attached hydrogens (tertiary/aromatic N) is 2. The third-order valence-corrected chi connectivity index (χ3v) is 3.83. The second-order valence-corrected chi connectivity index (χ2v) is 5.70. The fraction of sp³-hybridized carbons (Fsp3) is 0.250. The van der Waals surface area contributed by atoms with Crippen LogP contribution in [0.5, 0.6) is 0 Å². The lowest BCUT2D eigenvalue weighted by Crippen LogP contribution is -2.21. The highest BCUT2D eigenvalue weighted by Gasteiger charge is 2.08. The standard InChI is InChI=1S/C16H17ClN4O.ClH/c1-10-14-6-11(8-19-16(14)21-20-10)7-18-9-15(22)12-2-4-13(17)5-3-12;/h2-6,8,15,18,22H,7,9H2,1H3,(H,19,20,21);1H. The van der Waals surface area contributed by atoms with Gasteiger partial charge < -0.3 is 10.4 Å². The molecule has 0 aliphatic rings. The lowest BCUT2D eigenvalue weighted by atomic mass is 10.1. The van der Waals surface area contributed by atoms with E-state index in [2.05, 4.69) is 26.6 Å². The van der Waals surface area contributed by atoms with Crippen molar-refractivity contribution in [2.45, 2.75) is 19.6 Å². The number of halogens is 2. The molecule has 0 bridgehead atoms. The van der Waals surface area contributed by atoms with Gasteiger partial charge in [0.15, 0.2) is 5.65 Å². The maximum atomic E-state index is 10.1. The number of aliphatic hydroxyl groups is 1. The van der Waals surface area contributed by atoms with Crippen molar-refractivity contribution in [1.82, 2.24) is 20.5 Å². The number of aliphatic hydroxyl groups excluding tert-OH is 1. The van der Waals surface area contributed by atoms with Gasteiger partial charge in [0.25, 0.3) is 0 Å². The Morgan fingerprint density at radius 3 is 2.78 bits per heavy atom. The van der Waals surface area contributed by atoms with E-state index in [4.69, 9.17) is 11.6 Å². The number of nitrogens with one attached hydrogen (secondary N) is 2. The highest BCUT2D eigenvalue weighted by molar-refractivity contribution is 6.30. The van der Waals surface area contributed by atoms with Crippen molar-refractivity contribution in [1.29, 1.82) is 0 Å². The van der Waals surface area contributed by atoms with Gasteiger partial charge in [-0.15, -0.1) is 12.4 Å². The van der Waals surface area contributed by atoms with E-state index in [1.54, 1.807) is 18.3 Å². The fourth-order valence-electron chi connectivity index (χ4n) is 2.32. The molecule has 0 aliphatic carbocycles. The molecule has 1 atom stereocenters. The average molecular weight is 353 g/mol. The van der Waals surface area contributed by atoms with Gasteiger partial charge in [0, 0.05) is 35.4 Å². The van der Waals surface area contributed by atoms with E-state index >= 15 is 0 Å². The predicted molar refractivity (Wildman–Crippen MR) is 94.0 cm³/mol. The number of fused-ring (bicyclic) bond motifs is 1. The molecule has 5 nitrogen and oxygen atoms in total. The van der Waals surface area contributed by atoms with Crippen LogP contribution in [0.25, 0.3) is 11.0 Å². The van der Waals surface area contributed by atoms with E-state index in [-0.39, 0.29) is 12.4 Å². The van der Waals surface area contributed by atoms with Crippen LogP contribution in [0, 0.1) is 6.92 Å². The molecule has 3 N–H and O–H groups in total. The Hall–Kier alpha value is -1.66. The van der Waals surface area contributed by atoms with Crippen molar-refractivity contribution < 1.29 is 5.11 Å². The molecule has 3 aromatic rings. The summed E-state index contributed by atoms with van der Waals surface area (Å²) in [5.41, 5.74) is 3.63. The Balaban J connectivity index is 0.00000192. The zero-order valence-electron chi connectivity index (χ0n) is 12.6. The number of pyridine rings is 1. The third-order valence-electron chi connectivity index (χ3n) is 3.58. The van der Waals surface area contributed by atoms with Gasteiger partial charge in [0.05, 0.1) is 6.10 Å². The number of benzene rings is 1. The Morgan fingerprint density at radius 2 is 2.04 bits per heavy atom. The van der Waals surface area contributed by atoms with E-state index in [9.17, 15) is 5.11 Å². The largest absolute Gasteiger partial charge is 0.387 e. The fourth-order valence-corrected chi connectivity index (χ4v) is 2.44. The van der Waals surface area contributed by atoms with E-state index in [0.29, 0.717) is 18.1 Å². The molecule has 7 heteroatoms. The zero-order valence-corrected chi connectivity index (χ0v) is 14.2. The summed E-state index contributed by atoms with van der Waals surface area (Å²) in [6.07, 6.45) is 1.23. The molecule has 3 rings (SSSR count). The number of aromatic amines is 1. The third kappa shape index (κ3) is 4.20. The zero-order chi connectivity index (χ0) is 15.5. The molecule has 122 valence electrons. The molecular formula is C16H18Cl2N4O. The molecule has 0 fully saturated rings. The number of hydrogen-bond donors (Lipinski definition) is 3. The summed E-state index contributed by atoms with van der Waals surface area (Å²) in [6, 6.07) is 9.27. The van der Waals surface area contributed by atoms with Crippen LogP contribution >= 0.6 is 24.0 Å². The summed E-state index contributed by atoms with van der Waals surface area (Å²) in [5, 5.41) is 22.1. The molecule has 0 aliphatic heterocycles. The first-order valence-corrected chi connectivity index (χ1v) is 7.45. The Kier molecular flexibility index (Phi) is 5.96. The van der Waals surface area contributed by atoms with Crippen LogP contribution in [0.3, 0.4) is 0 Å². The molecule has 1 aromatic carbocycles. The molecule has 0 saturated heterocycles. The van der Waals surface area contributed by atoms with Crippen LogP contribution in [-0.4, -0.2) is 26.8 Å². The molecule has 1 unspecified atom stereocenters. The van der Waals surface area contributed by atoms with Gasteiger partial charge in [-0.1, -0.05) is 23.7 Å². The minimum Gasteiger partial charge on any atom is -0.387 e. The van der Waals surface area contributed by atoms with Crippen LogP contribution in [-0.2, 0) is 6.54 Å². The van der Waals surface area contributed by atoms with E-state index in [1.165, 1.54) is 0 Å². The number of aryl methyl sites for hydroxylation is 1. The van der Waals surface area contributed by atoms with Crippen LogP contribution in [0.15, 0.2) is 36.5 Å². The Bertz CT molecular complexity index is 773. The monoisotopic (exact) mass is 352 g/mol. The van der Waals surface area contributed by atoms with Crippen molar-refractivity contribution in [3.05, 3.63) is 58.4 Å². The van der Waals surface area contributed by atoms with Crippen molar-refractivity contribution in [3.63, 3.8) is 0 Å². The second-order valence-electron chi connectivity index (χ2n) is 5.26. The summed E-state index contributed by atoms with van der Waals surface area (Å²) in [5.74, 6) is 0. The average Bonchev–Trinajstić information content (AvgIpc) is 2.89. The van der Waals surface area contributed by atoms with Gasteiger partial charge in [0.1, 0.15) is 0 Å². The first kappa shape index (κ1) is 17.7. The minimum absolute atomic E-state index is 0. The summed E-state index contributed by atoms with van der Waals surface area (Å²) in [4.78, 5) is 4.31. The Labute approximate surface area is 145 Å². The van der Waals surface area contributed by atoms with Crippen LogP contribution in [0.1, 0.15) is 22.9 Å². The van der Waals surface area contributed by atoms with E-state index in [0.717, 1.165) is 27.9 Å². The van der Waals surface area contributed by atoms with Crippen LogP contribution < -0.4 is 5.32 Å². The number of hydrogen-bond acceptors (Lipinski definition) is 4. The molecule has 2 aromatic heterocycles. The van der Waals surface area contributed by atoms with Crippen molar-refractivity contribution in [2.24, 2.45) is 0 Å². The molecule has 0 radical (unpaired) electrons. The van der Waals surface area contributed by atoms with Gasteiger partial charge in [-0.2, -0.15) is 5.10 Å². The van der Waals surface area contributed by atoms with Gasteiger partial charge in [0.2, 0.25) is 0 Å². The maximum Gasteiger partial charge on any atom is 0.181 e. The van der Waals surface area contributed by atoms with Crippen LogP contribution in [0.2, 0.25) is 5.02 Å². The summed E-state index contributed by atoms with van der Waals surface area (Å²) < 4.78 is 0. The molecule has 23 heavy (non-hydrogen) atoms. The number of H-pyrrole nitrogens is 1. The first-order chi connectivity index (χ1) is 10.6. The normalized spacial score (nSPS) is 12.1. The highest BCUT2D eigenvalue weighted by Crippen LogP contribution is 2.17. The lowest BCUT2D eigenvalue weighted by Gasteiger charge is -2.12. The second kappa shape index (κ2) is 7.75. The molecule has 0 spiro atoms. The summed E-state index contributed by atoms with van der Waals surface area (Å²) in [7, 11) is 0. The van der Waals surface area contributed by atoms with Gasteiger partial charge in [-0.25, -0.2) is 4.98 Å². The molecule has 2 heterocycles. The number of aromatic nitrogens is 3. The van der Waals surface area contributed by atoms with Crippen molar-refractivity contribution in [2.75, 3.05) is 6.54 Å². The highest BCUT2D eigenvalue weighted by atomic mass is 35.5. The number of rotatable bonds is 5. The topological polar surface area (TPSA) is 73.8 Å². The molecule has 0 saturated carbocycles. The maximum absolute atomic E-state index is 10.1. The molecular weight excluding hydrogens is 335 g/mol. The van der Waals surface area contributed by atoms with Gasteiger partial charge >= 0.3 is 0 Å².